The van der Waals surface area contributed by atoms with Gasteiger partial charge in [-0.05, 0) is 66.9 Å². The van der Waals surface area contributed by atoms with Crippen LogP contribution in [0.4, 0.5) is 17.1 Å². The van der Waals surface area contributed by atoms with E-state index >= 15 is 0 Å². The lowest BCUT2D eigenvalue weighted by atomic mass is 9.86. The zero-order valence-corrected chi connectivity index (χ0v) is 25.9. The van der Waals surface area contributed by atoms with Crippen molar-refractivity contribution in [3.63, 3.8) is 0 Å². The summed E-state index contributed by atoms with van der Waals surface area (Å²) in [4.78, 5) is 18.1. The van der Waals surface area contributed by atoms with Crippen molar-refractivity contribution in [1.29, 1.82) is 0 Å². The number of rotatable bonds is 10. The molecule has 12 heteroatoms. The van der Waals surface area contributed by atoms with Crippen LogP contribution in [-0.4, -0.2) is 46.3 Å². The average molecular weight is 594 g/mol. The monoisotopic (exact) mass is 593 g/mol. The molecule has 0 saturated carbocycles. The van der Waals surface area contributed by atoms with Crippen molar-refractivity contribution >= 4 is 38.7 Å². The van der Waals surface area contributed by atoms with Gasteiger partial charge in [-0.2, -0.15) is 0 Å². The van der Waals surface area contributed by atoms with E-state index in [1.54, 1.807) is 24.3 Å². The summed E-state index contributed by atoms with van der Waals surface area (Å²) in [6.45, 7) is 8.83. The molecule has 0 spiro atoms. The van der Waals surface area contributed by atoms with Gasteiger partial charge in [0.2, 0.25) is 10.0 Å². The summed E-state index contributed by atoms with van der Waals surface area (Å²) in [7, 11) is -0.246. The van der Waals surface area contributed by atoms with Gasteiger partial charge in [-0.25, -0.2) is 8.42 Å². The lowest BCUT2D eigenvalue weighted by Crippen LogP contribution is -2.36. The molecule has 42 heavy (non-hydrogen) atoms. The topological polar surface area (TPSA) is 137 Å². The van der Waals surface area contributed by atoms with E-state index in [0.29, 0.717) is 11.3 Å². The van der Waals surface area contributed by atoms with Gasteiger partial charge in [0, 0.05) is 42.2 Å². The van der Waals surface area contributed by atoms with Crippen LogP contribution in [0.25, 0.3) is 5.70 Å². The summed E-state index contributed by atoms with van der Waals surface area (Å²) in [6.07, 6.45) is 5.66. The van der Waals surface area contributed by atoms with Crippen molar-refractivity contribution < 1.29 is 17.9 Å². The first-order valence-corrected chi connectivity index (χ1v) is 15.4. The highest BCUT2D eigenvalue weighted by Crippen LogP contribution is 2.39. The van der Waals surface area contributed by atoms with Gasteiger partial charge in [0.05, 0.1) is 36.1 Å². The lowest BCUT2D eigenvalue weighted by molar-refractivity contribution is 0.102. The largest absolute Gasteiger partial charge is 0.492 e. The molecule has 1 aliphatic heterocycles. The number of anilines is 3. The summed E-state index contributed by atoms with van der Waals surface area (Å²) in [5.74, 6) is -0.152. The number of hydrogen-bond donors (Lipinski definition) is 5. The predicted octanol–water partition coefficient (Wildman–Crippen LogP) is 3.91. The third-order valence-electron chi connectivity index (χ3n) is 6.77. The number of hydrogen-bond acceptors (Lipinski definition) is 9. The minimum absolute atomic E-state index is 0.220. The molecule has 0 radical (unpaired) electrons. The zero-order valence-electron chi connectivity index (χ0n) is 25.0. The number of amides is 1. The number of carbonyl (C=O) groups excluding carboxylic acids is 1. The Balaban J connectivity index is 1.61. The number of aryl methyl sites for hydroxylation is 1. The van der Waals surface area contributed by atoms with Gasteiger partial charge in [-0.15, -0.1) is 5.53 Å². The van der Waals surface area contributed by atoms with Crippen LogP contribution >= 0.6 is 0 Å². The standard InChI is InChI=1S/C30H39N7O4S/c1-19-8-9-20(14-27(19)37-18-26(34-36-37)21-10-11-23(32-17-21)12-13-31-5)29(38)33-24-15-22(30(2,3)4)16-25(28(24)41-6)35-42(7,39)40/h8-11,14-18,31,34-36H,12-13H2,1-7H3,(H,33,38). The Bertz CT molecular complexity index is 1600. The fourth-order valence-corrected chi connectivity index (χ4v) is 4.98. The number of nitrogens with one attached hydrogen (secondary N) is 5. The Morgan fingerprint density at radius 1 is 1.10 bits per heavy atom. The van der Waals surface area contributed by atoms with Crippen molar-refractivity contribution in [3.05, 3.63) is 82.8 Å². The van der Waals surface area contributed by atoms with Gasteiger partial charge in [0.15, 0.2) is 5.75 Å². The summed E-state index contributed by atoms with van der Waals surface area (Å²) in [6, 6.07) is 13.0. The molecule has 5 N–H and O–H groups in total. The fourth-order valence-electron chi connectivity index (χ4n) is 4.43. The van der Waals surface area contributed by atoms with E-state index in [1.165, 1.54) is 7.11 Å². The van der Waals surface area contributed by atoms with Crippen LogP contribution < -0.4 is 36.1 Å². The van der Waals surface area contributed by atoms with Crippen LogP contribution in [0, 0.1) is 6.92 Å². The van der Waals surface area contributed by atoms with Gasteiger partial charge in [-0.1, -0.05) is 26.8 Å². The maximum Gasteiger partial charge on any atom is 0.255 e. The minimum Gasteiger partial charge on any atom is -0.492 e. The van der Waals surface area contributed by atoms with Crippen LogP contribution in [0.5, 0.6) is 5.75 Å². The first-order valence-electron chi connectivity index (χ1n) is 13.5. The normalized spacial score (nSPS) is 13.4. The molecule has 11 nitrogen and oxygen atoms in total. The van der Waals surface area contributed by atoms with Crippen molar-refractivity contribution in [3.8, 4) is 5.75 Å². The maximum absolute atomic E-state index is 13.5. The van der Waals surface area contributed by atoms with Crippen LogP contribution in [-0.2, 0) is 21.9 Å². The molecule has 0 unspecified atom stereocenters. The first-order chi connectivity index (χ1) is 19.8. The molecule has 0 fully saturated rings. The Hall–Kier alpha value is -4.13. The maximum atomic E-state index is 13.5. The predicted molar refractivity (Wildman–Crippen MR) is 168 cm³/mol. The Labute approximate surface area is 247 Å². The second-order valence-corrected chi connectivity index (χ2v) is 13.0. The molecule has 2 heterocycles. The number of hydrazine groups is 2. The second-order valence-electron chi connectivity index (χ2n) is 11.2. The van der Waals surface area contributed by atoms with E-state index in [4.69, 9.17) is 4.74 Å². The van der Waals surface area contributed by atoms with Crippen molar-refractivity contribution in [2.45, 2.75) is 39.5 Å². The molecule has 2 aromatic carbocycles. The SMILES string of the molecule is CNCCc1ccc(C2=CN(c3cc(C(=O)Nc4cc(C(C)(C)C)cc(NS(C)(=O)=O)c4OC)ccc3C)NN2)cn1. The van der Waals surface area contributed by atoms with Gasteiger partial charge in [0.1, 0.15) is 0 Å². The summed E-state index contributed by atoms with van der Waals surface area (Å²) in [5.41, 5.74) is 12.3. The smallest absolute Gasteiger partial charge is 0.255 e. The Kier molecular flexibility index (Phi) is 9.09. The highest BCUT2D eigenvalue weighted by Gasteiger charge is 2.23. The Morgan fingerprint density at radius 3 is 2.45 bits per heavy atom. The van der Waals surface area contributed by atoms with Gasteiger partial charge < -0.3 is 20.8 Å². The lowest BCUT2D eigenvalue weighted by Gasteiger charge is -2.24. The average Bonchev–Trinajstić information content (AvgIpc) is 3.41. The van der Waals surface area contributed by atoms with Crippen molar-refractivity contribution in [2.24, 2.45) is 0 Å². The quantitative estimate of drug-likeness (QED) is 0.237. The molecule has 224 valence electrons. The molecule has 0 saturated heterocycles. The van der Waals surface area contributed by atoms with E-state index in [0.717, 1.165) is 53.0 Å². The summed E-state index contributed by atoms with van der Waals surface area (Å²) < 4.78 is 32.2. The number of pyridine rings is 1. The van der Waals surface area contributed by atoms with Crippen LogP contribution in [0.1, 0.15) is 53.5 Å². The van der Waals surface area contributed by atoms with E-state index < -0.39 is 10.0 Å². The molecule has 4 rings (SSSR count). The number of methoxy groups -OCH3 is 1. The number of nitrogens with zero attached hydrogens (tertiary/aromatic N) is 2. The van der Waals surface area contributed by atoms with Gasteiger partial charge >= 0.3 is 0 Å². The number of ether oxygens (including phenoxy) is 1. The van der Waals surface area contributed by atoms with E-state index in [1.807, 2.05) is 70.3 Å². The Morgan fingerprint density at radius 2 is 1.83 bits per heavy atom. The minimum atomic E-state index is -3.59. The van der Waals surface area contributed by atoms with Crippen molar-refractivity contribution in [1.82, 2.24) is 21.3 Å². The third kappa shape index (κ3) is 7.38. The molecule has 1 amide bonds. The zero-order chi connectivity index (χ0) is 30.7. The van der Waals surface area contributed by atoms with Crippen LogP contribution in [0.15, 0.2) is 54.9 Å². The second kappa shape index (κ2) is 12.4. The van der Waals surface area contributed by atoms with Gasteiger partial charge in [0.25, 0.3) is 5.91 Å². The number of likely N-dealkylation sites (N-methyl/N-ethyl adjacent to an activating group) is 1. The first kappa shape index (κ1) is 30.8. The highest BCUT2D eigenvalue weighted by atomic mass is 32.2. The summed E-state index contributed by atoms with van der Waals surface area (Å²) in [5, 5.41) is 7.86. The number of benzene rings is 2. The molecule has 1 aliphatic rings. The number of aromatic nitrogens is 1. The number of carbonyl (C=O) groups is 1. The molecule has 0 atom stereocenters. The molecular formula is C30H39N7O4S. The molecular weight excluding hydrogens is 554 g/mol. The number of sulfonamides is 1. The molecule has 3 aromatic rings. The van der Waals surface area contributed by atoms with Crippen LogP contribution in [0.3, 0.4) is 0 Å². The van der Waals surface area contributed by atoms with E-state index in [9.17, 15) is 13.2 Å². The highest BCUT2D eigenvalue weighted by molar-refractivity contribution is 7.92. The van der Waals surface area contributed by atoms with Crippen LogP contribution in [0.2, 0.25) is 0 Å². The summed E-state index contributed by atoms with van der Waals surface area (Å²) >= 11 is 0. The molecule has 0 aliphatic carbocycles. The molecule has 0 bridgehead atoms. The fraction of sp³-hybridized carbons (Fsp3) is 0.333. The van der Waals surface area contributed by atoms with Crippen molar-refractivity contribution in [2.75, 3.05) is 42.0 Å². The van der Waals surface area contributed by atoms with E-state index in [-0.39, 0.29) is 22.8 Å². The van der Waals surface area contributed by atoms with E-state index in [2.05, 4.69) is 31.3 Å². The third-order valence-corrected chi connectivity index (χ3v) is 7.36. The molecule has 1 aromatic heterocycles. The van der Waals surface area contributed by atoms with Gasteiger partial charge in [-0.3, -0.25) is 19.5 Å².